The molecule has 0 spiro atoms. The van der Waals surface area contributed by atoms with Crippen molar-refractivity contribution in [3.05, 3.63) is 46.8 Å². The van der Waals surface area contributed by atoms with E-state index in [1.165, 1.54) is 4.68 Å². The van der Waals surface area contributed by atoms with E-state index in [2.05, 4.69) is 24.3 Å². The van der Waals surface area contributed by atoms with E-state index in [1.54, 1.807) is 24.3 Å². The van der Waals surface area contributed by atoms with Gasteiger partial charge in [0.15, 0.2) is 0 Å². The van der Waals surface area contributed by atoms with Gasteiger partial charge in [0.25, 0.3) is 5.91 Å². The normalized spacial score (nSPS) is 11.2. The molecule has 0 saturated carbocycles. The lowest BCUT2D eigenvalue weighted by Gasteiger charge is -2.09. The van der Waals surface area contributed by atoms with Crippen molar-refractivity contribution in [2.75, 3.05) is 5.32 Å². The SMILES string of the molecule is Cc1nn(C(=O)c2ccc(NC(=O)C(C)C)cc2)c(C)c1CC(C)C. The Labute approximate surface area is 149 Å². The number of carbonyl (C=O) groups excluding carboxylic acids is 2. The molecule has 1 aromatic heterocycles. The molecule has 0 atom stereocenters. The number of nitrogens with one attached hydrogen (secondary N) is 1. The topological polar surface area (TPSA) is 64.0 Å². The summed E-state index contributed by atoms with van der Waals surface area (Å²) in [6, 6.07) is 6.93. The molecule has 2 aromatic rings. The zero-order chi connectivity index (χ0) is 18.7. The summed E-state index contributed by atoms with van der Waals surface area (Å²) in [7, 11) is 0. The van der Waals surface area contributed by atoms with E-state index in [1.807, 2.05) is 27.7 Å². The van der Waals surface area contributed by atoms with Crippen LogP contribution in [-0.2, 0) is 11.2 Å². The summed E-state index contributed by atoms with van der Waals surface area (Å²) in [6.07, 6.45) is 0.908. The number of anilines is 1. The van der Waals surface area contributed by atoms with Gasteiger partial charge in [-0.05, 0) is 56.0 Å². The number of benzene rings is 1. The highest BCUT2D eigenvalue weighted by Gasteiger charge is 2.18. The number of hydrogen-bond acceptors (Lipinski definition) is 3. The third-order valence-corrected chi connectivity index (χ3v) is 4.17. The van der Waals surface area contributed by atoms with Gasteiger partial charge in [0.2, 0.25) is 5.91 Å². The number of hydrogen-bond donors (Lipinski definition) is 1. The molecule has 0 bridgehead atoms. The summed E-state index contributed by atoms with van der Waals surface area (Å²) in [5.74, 6) is 0.220. The average Bonchev–Trinajstić information content (AvgIpc) is 2.82. The van der Waals surface area contributed by atoms with Crippen LogP contribution >= 0.6 is 0 Å². The molecule has 1 heterocycles. The maximum atomic E-state index is 12.8. The predicted octanol–water partition coefficient (Wildman–Crippen LogP) is 3.98. The van der Waals surface area contributed by atoms with Gasteiger partial charge in [-0.15, -0.1) is 0 Å². The summed E-state index contributed by atoms with van der Waals surface area (Å²) >= 11 is 0. The van der Waals surface area contributed by atoms with Crippen LogP contribution in [0.1, 0.15) is 55.0 Å². The zero-order valence-electron chi connectivity index (χ0n) is 15.9. The summed E-state index contributed by atoms with van der Waals surface area (Å²) in [5, 5.41) is 7.25. The maximum absolute atomic E-state index is 12.8. The molecule has 0 aliphatic heterocycles. The fourth-order valence-electron chi connectivity index (χ4n) is 2.68. The van der Waals surface area contributed by atoms with E-state index >= 15 is 0 Å². The van der Waals surface area contributed by atoms with Crippen LogP contribution in [0, 0.1) is 25.7 Å². The van der Waals surface area contributed by atoms with Crippen LogP contribution in [0.4, 0.5) is 5.69 Å². The summed E-state index contributed by atoms with van der Waals surface area (Å²) in [4.78, 5) is 24.5. The van der Waals surface area contributed by atoms with Gasteiger partial charge in [-0.1, -0.05) is 27.7 Å². The van der Waals surface area contributed by atoms with E-state index in [-0.39, 0.29) is 17.7 Å². The van der Waals surface area contributed by atoms with E-state index in [0.717, 1.165) is 23.4 Å². The molecule has 0 saturated heterocycles. The van der Waals surface area contributed by atoms with E-state index in [9.17, 15) is 9.59 Å². The lowest BCUT2D eigenvalue weighted by atomic mass is 10.0. The minimum atomic E-state index is -0.155. The Kier molecular flexibility index (Phi) is 5.77. The molecule has 0 unspecified atom stereocenters. The minimum Gasteiger partial charge on any atom is -0.326 e. The van der Waals surface area contributed by atoms with Gasteiger partial charge in [-0.25, -0.2) is 4.68 Å². The van der Waals surface area contributed by atoms with Gasteiger partial charge in [0, 0.05) is 22.9 Å². The second-order valence-corrected chi connectivity index (χ2v) is 7.19. The van der Waals surface area contributed by atoms with Gasteiger partial charge in [0.05, 0.1) is 5.69 Å². The quantitative estimate of drug-likeness (QED) is 0.894. The van der Waals surface area contributed by atoms with Crippen LogP contribution in [0.3, 0.4) is 0 Å². The largest absolute Gasteiger partial charge is 0.326 e. The average molecular weight is 341 g/mol. The molecule has 1 amide bonds. The second kappa shape index (κ2) is 7.64. The molecule has 5 nitrogen and oxygen atoms in total. The lowest BCUT2D eigenvalue weighted by molar-refractivity contribution is -0.118. The first-order valence-corrected chi connectivity index (χ1v) is 8.71. The monoisotopic (exact) mass is 341 g/mol. The van der Waals surface area contributed by atoms with Gasteiger partial charge in [-0.3, -0.25) is 9.59 Å². The van der Waals surface area contributed by atoms with Crippen molar-refractivity contribution in [3.63, 3.8) is 0 Å². The summed E-state index contributed by atoms with van der Waals surface area (Å²) in [5.41, 5.74) is 4.17. The standard InChI is InChI=1S/C20H27N3O2/c1-12(2)11-18-14(5)22-23(15(18)6)20(25)16-7-9-17(10-8-16)21-19(24)13(3)4/h7-10,12-13H,11H2,1-6H3,(H,21,24). The first kappa shape index (κ1) is 18.9. The van der Waals surface area contributed by atoms with Crippen LogP contribution in [0.2, 0.25) is 0 Å². The van der Waals surface area contributed by atoms with Crippen molar-refractivity contribution in [2.24, 2.45) is 11.8 Å². The van der Waals surface area contributed by atoms with Crippen molar-refractivity contribution < 1.29 is 9.59 Å². The molecule has 1 N–H and O–H groups in total. The minimum absolute atomic E-state index is 0.0454. The number of amides is 1. The third-order valence-electron chi connectivity index (χ3n) is 4.17. The van der Waals surface area contributed by atoms with Crippen LogP contribution in [-0.4, -0.2) is 21.6 Å². The van der Waals surface area contributed by atoms with Crippen molar-refractivity contribution in [3.8, 4) is 0 Å². The summed E-state index contributed by atoms with van der Waals surface area (Å²) < 4.78 is 1.48. The summed E-state index contributed by atoms with van der Waals surface area (Å²) in [6.45, 7) is 11.9. The molecule has 2 rings (SSSR count). The lowest BCUT2D eigenvalue weighted by Crippen LogP contribution is -2.18. The number of aryl methyl sites for hydroxylation is 1. The van der Waals surface area contributed by atoms with Crippen LogP contribution in [0.15, 0.2) is 24.3 Å². The molecule has 0 aliphatic carbocycles. The zero-order valence-corrected chi connectivity index (χ0v) is 15.9. The molecular weight excluding hydrogens is 314 g/mol. The van der Waals surface area contributed by atoms with Crippen molar-refractivity contribution in [1.82, 2.24) is 9.78 Å². The number of nitrogens with zero attached hydrogens (tertiary/aromatic N) is 2. The highest BCUT2D eigenvalue weighted by molar-refractivity contribution is 5.97. The highest BCUT2D eigenvalue weighted by atomic mass is 16.2. The molecule has 134 valence electrons. The molecular formula is C20H27N3O2. The molecule has 1 aromatic carbocycles. The predicted molar refractivity (Wildman–Crippen MR) is 99.9 cm³/mol. The third kappa shape index (κ3) is 4.35. The van der Waals surface area contributed by atoms with Gasteiger partial charge < -0.3 is 5.32 Å². The van der Waals surface area contributed by atoms with Crippen molar-refractivity contribution in [1.29, 1.82) is 0 Å². The Balaban J connectivity index is 2.22. The van der Waals surface area contributed by atoms with Gasteiger partial charge in [0.1, 0.15) is 0 Å². The fourth-order valence-corrected chi connectivity index (χ4v) is 2.68. The Morgan fingerprint density at radius 1 is 1.08 bits per heavy atom. The first-order valence-electron chi connectivity index (χ1n) is 8.71. The highest BCUT2D eigenvalue weighted by Crippen LogP contribution is 2.19. The van der Waals surface area contributed by atoms with Gasteiger partial charge >= 0.3 is 0 Å². The number of carbonyl (C=O) groups is 2. The Hall–Kier alpha value is -2.43. The molecule has 5 heteroatoms. The van der Waals surface area contributed by atoms with Crippen molar-refractivity contribution in [2.45, 2.75) is 48.0 Å². The Morgan fingerprint density at radius 2 is 1.68 bits per heavy atom. The van der Waals surface area contributed by atoms with Crippen LogP contribution in [0.5, 0.6) is 0 Å². The first-order chi connectivity index (χ1) is 11.7. The molecule has 0 aliphatic rings. The van der Waals surface area contributed by atoms with E-state index in [0.29, 0.717) is 17.2 Å². The molecule has 0 radical (unpaired) electrons. The molecule has 0 fully saturated rings. The Bertz CT molecular complexity index is 771. The smallest absolute Gasteiger partial charge is 0.278 e. The van der Waals surface area contributed by atoms with E-state index in [4.69, 9.17) is 0 Å². The van der Waals surface area contributed by atoms with Crippen molar-refractivity contribution >= 4 is 17.5 Å². The Morgan fingerprint density at radius 3 is 2.20 bits per heavy atom. The van der Waals surface area contributed by atoms with Crippen LogP contribution < -0.4 is 5.32 Å². The maximum Gasteiger partial charge on any atom is 0.278 e. The van der Waals surface area contributed by atoms with Gasteiger partial charge in [-0.2, -0.15) is 5.10 Å². The second-order valence-electron chi connectivity index (χ2n) is 7.19. The number of aromatic nitrogens is 2. The molecule has 25 heavy (non-hydrogen) atoms. The number of rotatable bonds is 5. The van der Waals surface area contributed by atoms with Crippen LogP contribution in [0.25, 0.3) is 0 Å². The fraction of sp³-hybridized carbons (Fsp3) is 0.450. The van der Waals surface area contributed by atoms with E-state index < -0.39 is 0 Å².